The summed E-state index contributed by atoms with van der Waals surface area (Å²) in [5.41, 5.74) is -3.96. The van der Waals surface area contributed by atoms with Crippen LogP contribution in [0.2, 0.25) is 0 Å². The molecule has 0 aliphatic heterocycles. The number of hydrogen-bond acceptors (Lipinski definition) is 3. The summed E-state index contributed by atoms with van der Waals surface area (Å²) in [6.07, 6.45) is 0.527. The van der Waals surface area contributed by atoms with Gasteiger partial charge in [-0.05, 0) is 12.1 Å². The van der Waals surface area contributed by atoms with Crippen molar-refractivity contribution in [2.24, 2.45) is 0 Å². The number of H-pyrrole nitrogens is 1. The van der Waals surface area contributed by atoms with Crippen molar-refractivity contribution >= 4 is 5.97 Å². The average molecular weight is 286 g/mol. The van der Waals surface area contributed by atoms with Crippen LogP contribution in [0.4, 0.5) is 13.2 Å². The number of carboxylic acids is 1. The van der Waals surface area contributed by atoms with Gasteiger partial charge in [0.1, 0.15) is 5.56 Å². The normalized spacial score (nSPS) is 10.6. The summed E-state index contributed by atoms with van der Waals surface area (Å²) >= 11 is 0. The molecule has 1 aromatic heterocycles. The van der Waals surface area contributed by atoms with E-state index in [0.29, 0.717) is 16.8 Å². The lowest BCUT2D eigenvalue weighted by molar-refractivity contribution is 0.0694. The highest BCUT2D eigenvalue weighted by molar-refractivity contribution is 5.86. The number of benzene rings is 1. The zero-order chi connectivity index (χ0) is 15.0. The third-order valence-corrected chi connectivity index (χ3v) is 2.45. The molecule has 0 saturated carbocycles. The monoisotopic (exact) mass is 286 g/mol. The molecule has 0 bridgehead atoms. The van der Waals surface area contributed by atoms with Crippen LogP contribution in [-0.2, 0) is 0 Å². The van der Waals surface area contributed by atoms with Crippen molar-refractivity contribution < 1.29 is 23.1 Å². The van der Waals surface area contributed by atoms with E-state index in [1.807, 2.05) is 0 Å². The first-order valence-electron chi connectivity index (χ1n) is 5.06. The lowest BCUT2D eigenvalue weighted by atomic mass is 10.2. The van der Waals surface area contributed by atoms with Crippen LogP contribution in [0.5, 0.6) is 0 Å². The fourth-order valence-electron chi connectivity index (χ4n) is 1.50. The van der Waals surface area contributed by atoms with Crippen molar-refractivity contribution in [2.45, 2.75) is 0 Å². The van der Waals surface area contributed by atoms with E-state index in [1.54, 1.807) is 4.98 Å². The van der Waals surface area contributed by atoms with Crippen molar-refractivity contribution in [2.75, 3.05) is 0 Å². The predicted octanol–water partition coefficient (Wildman–Crippen LogP) is 0.641. The summed E-state index contributed by atoms with van der Waals surface area (Å²) in [6.45, 7) is 0. The van der Waals surface area contributed by atoms with E-state index < -0.39 is 45.9 Å². The third-order valence-electron chi connectivity index (χ3n) is 2.45. The summed E-state index contributed by atoms with van der Waals surface area (Å²) in [6, 6.07) is 1.30. The van der Waals surface area contributed by atoms with Gasteiger partial charge in [-0.15, -0.1) is 0 Å². The van der Waals surface area contributed by atoms with Gasteiger partial charge >= 0.3 is 11.7 Å². The standard InChI is InChI=1S/C11H5F3N2O4/c12-5-1-2-6(8(14)7(5)13)16-3-4(10(18)19)9(17)15-11(16)20/h1-3H,(H,18,19)(H,15,17,20). The number of hydrogen-bond donors (Lipinski definition) is 2. The lowest BCUT2D eigenvalue weighted by Gasteiger charge is -2.08. The Morgan fingerprint density at radius 2 is 1.80 bits per heavy atom. The summed E-state index contributed by atoms with van der Waals surface area (Å²) in [7, 11) is 0. The first kappa shape index (κ1) is 13.6. The number of carboxylic acid groups (broad SMARTS) is 1. The molecule has 0 aliphatic carbocycles. The average Bonchev–Trinajstić information content (AvgIpc) is 2.37. The highest BCUT2D eigenvalue weighted by Gasteiger charge is 2.18. The second-order valence-corrected chi connectivity index (χ2v) is 3.67. The SMILES string of the molecule is O=C(O)c1cn(-c2ccc(F)c(F)c2F)c(=O)[nH]c1=O. The van der Waals surface area contributed by atoms with Gasteiger partial charge in [0.15, 0.2) is 17.5 Å². The van der Waals surface area contributed by atoms with Gasteiger partial charge in [-0.1, -0.05) is 0 Å². The van der Waals surface area contributed by atoms with E-state index in [0.717, 1.165) is 6.07 Å². The zero-order valence-corrected chi connectivity index (χ0v) is 9.49. The largest absolute Gasteiger partial charge is 0.477 e. The Hall–Kier alpha value is -2.84. The molecule has 0 atom stereocenters. The fraction of sp³-hybridized carbons (Fsp3) is 0. The Labute approximate surface area is 107 Å². The van der Waals surface area contributed by atoms with Gasteiger partial charge in [-0.25, -0.2) is 22.8 Å². The quantitative estimate of drug-likeness (QED) is 0.792. The number of halogens is 3. The maximum Gasteiger partial charge on any atom is 0.342 e. The second-order valence-electron chi connectivity index (χ2n) is 3.67. The molecule has 1 aromatic carbocycles. The molecule has 0 amide bonds. The molecular weight excluding hydrogens is 281 g/mol. The summed E-state index contributed by atoms with van der Waals surface area (Å²) in [5.74, 6) is -6.64. The first-order chi connectivity index (χ1) is 9.32. The second kappa shape index (κ2) is 4.68. The smallest absolute Gasteiger partial charge is 0.342 e. The maximum atomic E-state index is 13.5. The Balaban J connectivity index is 2.80. The molecule has 9 heteroatoms. The summed E-state index contributed by atoms with van der Waals surface area (Å²) in [5, 5.41) is 8.73. The molecular formula is C11H5F3N2O4. The highest BCUT2D eigenvalue weighted by Crippen LogP contribution is 2.17. The van der Waals surface area contributed by atoms with E-state index in [2.05, 4.69) is 0 Å². The van der Waals surface area contributed by atoms with E-state index in [1.165, 1.54) is 0 Å². The van der Waals surface area contributed by atoms with Gasteiger partial charge in [0.05, 0.1) is 5.69 Å². The predicted molar refractivity (Wildman–Crippen MR) is 59.5 cm³/mol. The Kier molecular flexibility index (Phi) is 3.18. The van der Waals surface area contributed by atoms with E-state index in [9.17, 15) is 27.6 Å². The molecule has 2 rings (SSSR count). The molecule has 2 aromatic rings. The van der Waals surface area contributed by atoms with Crippen LogP contribution in [0.15, 0.2) is 27.9 Å². The number of nitrogens with one attached hydrogen (secondary N) is 1. The number of rotatable bonds is 2. The number of aromatic nitrogens is 2. The van der Waals surface area contributed by atoms with Gasteiger partial charge in [-0.3, -0.25) is 14.3 Å². The first-order valence-corrected chi connectivity index (χ1v) is 5.06. The Bertz CT molecular complexity index is 825. The molecule has 0 saturated heterocycles. The number of aromatic carboxylic acids is 1. The minimum Gasteiger partial charge on any atom is -0.477 e. The van der Waals surface area contributed by atoms with Crippen LogP contribution in [0, 0.1) is 17.5 Å². The Morgan fingerprint density at radius 3 is 2.40 bits per heavy atom. The van der Waals surface area contributed by atoms with Crippen LogP contribution in [0.25, 0.3) is 5.69 Å². The topological polar surface area (TPSA) is 92.2 Å². The molecule has 104 valence electrons. The molecule has 0 radical (unpaired) electrons. The van der Waals surface area contributed by atoms with Crippen molar-refractivity contribution in [3.8, 4) is 5.69 Å². The number of nitrogens with zero attached hydrogens (tertiary/aromatic N) is 1. The third kappa shape index (κ3) is 2.09. The molecule has 0 aliphatic rings. The molecule has 2 N–H and O–H groups in total. The molecule has 0 spiro atoms. The van der Waals surface area contributed by atoms with Gasteiger partial charge in [-0.2, -0.15) is 0 Å². The lowest BCUT2D eigenvalue weighted by Crippen LogP contribution is -2.33. The number of carbonyl (C=O) groups is 1. The molecule has 0 unspecified atom stereocenters. The van der Waals surface area contributed by atoms with E-state index >= 15 is 0 Å². The van der Waals surface area contributed by atoms with Gasteiger partial charge in [0, 0.05) is 6.20 Å². The fourth-order valence-corrected chi connectivity index (χ4v) is 1.50. The van der Waals surface area contributed by atoms with Crippen LogP contribution < -0.4 is 11.2 Å². The van der Waals surface area contributed by atoms with Crippen LogP contribution in [0.1, 0.15) is 10.4 Å². The van der Waals surface area contributed by atoms with Gasteiger partial charge in [0.2, 0.25) is 0 Å². The molecule has 1 heterocycles. The summed E-state index contributed by atoms with van der Waals surface area (Å²) < 4.78 is 39.8. The van der Waals surface area contributed by atoms with Crippen LogP contribution in [0.3, 0.4) is 0 Å². The van der Waals surface area contributed by atoms with Crippen LogP contribution in [-0.4, -0.2) is 20.6 Å². The van der Waals surface area contributed by atoms with E-state index in [4.69, 9.17) is 5.11 Å². The summed E-state index contributed by atoms with van der Waals surface area (Å²) in [4.78, 5) is 35.1. The van der Waals surface area contributed by atoms with Gasteiger partial charge in [0.25, 0.3) is 5.56 Å². The molecule has 6 nitrogen and oxygen atoms in total. The molecule has 0 fully saturated rings. The van der Waals surface area contributed by atoms with Crippen molar-refractivity contribution in [3.05, 3.63) is 62.2 Å². The van der Waals surface area contributed by atoms with Crippen molar-refractivity contribution in [3.63, 3.8) is 0 Å². The zero-order valence-electron chi connectivity index (χ0n) is 9.49. The molecule has 20 heavy (non-hydrogen) atoms. The maximum absolute atomic E-state index is 13.5. The Morgan fingerprint density at radius 1 is 1.15 bits per heavy atom. The van der Waals surface area contributed by atoms with Crippen molar-refractivity contribution in [1.82, 2.24) is 9.55 Å². The van der Waals surface area contributed by atoms with E-state index in [-0.39, 0.29) is 0 Å². The minimum atomic E-state index is -1.82. The highest BCUT2D eigenvalue weighted by atomic mass is 19.2. The van der Waals surface area contributed by atoms with Crippen LogP contribution >= 0.6 is 0 Å². The number of aromatic amines is 1. The van der Waals surface area contributed by atoms with Gasteiger partial charge < -0.3 is 5.11 Å². The van der Waals surface area contributed by atoms with Crippen molar-refractivity contribution in [1.29, 1.82) is 0 Å². The minimum absolute atomic E-state index is 0.364.